The number of hydrogen-bond acceptors (Lipinski definition) is 2. The molecule has 0 aromatic rings. The second-order valence-electron chi connectivity index (χ2n) is 1.78. The molecular weight excluding hydrogens is 102 g/mol. The third kappa shape index (κ3) is 5.50. The summed E-state index contributed by atoms with van der Waals surface area (Å²) in [5, 5.41) is 11.3. The van der Waals surface area contributed by atoms with E-state index in [1.807, 2.05) is 6.92 Å². The summed E-state index contributed by atoms with van der Waals surface area (Å²) >= 11 is 0. The average Bonchev–Trinajstić information content (AvgIpc) is 1.66. The monoisotopic (exact) mass is 115 g/mol. The summed E-state index contributed by atoms with van der Waals surface area (Å²) in [7, 11) is 0. The van der Waals surface area contributed by atoms with Crippen molar-refractivity contribution < 1.29 is 5.11 Å². The minimum Gasteiger partial charge on any atom is -0.396 e. The van der Waals surface area contributed by atoms with Gasteiger partial charge in [0.25, 0.3) is 0 Å². The summed E-state index contributed by atoms with van der Waals surface area (Å²) < 4.78 is 0. The number of aliphatic hydroxyl groups excluding tert-OH is 1. The summed E-state index contributed by atoms with van der Waals surface area (Å²) in [5.74, 6) is 0. The van der Waals surface area contributed by atoms with E-state index >= 15 is 0 Å². The Balaban J connectivity index is 2.82. The highest BCUT2D eigenvalue weighted by Crippen LogP contribution is 1.78. The molecule has 0 radical (unpaired) electrons. The van der Waals surface area contributed by atoms with E-state index < -0.39 is 0 Å². The van der Waals surface area contributed by atoms with Crippen LogP contribution in [0.25, 0.3) is 0 Å². The van der Waals surface area contributed by atoms with Crippen LogP contribution in [-0.4, -0.2) is 18.3 Å². The molecule has 0 spiro atoms. The molecule has 2 nitrogen and oxygen atoms in total. The zero-order valence-corrected chi connectivity index (χ0v) is 5.28. The van der Waals surface area contributed by atoms with Gasteiger partial charge in [-0.2, -0.15) is 0 Å². The molecule has 0 saturated carbocycles. The largest absolute Gasteiger partial charge is 0.396 e. The van der Waals surface area contributed by atoms with Gasteiger partial charge in [-0.1, -0.05) is 6.58 Å². The van der Waals surface area contributed by atoms with Crippen LogP contribution in [0.15, 0.2) is 12.3 Å². The summed E-state index contributed by atoms with van der Waals surface area (Å²) in [4.78, 5) is 0. The van der Waals surface area contributed by atoms with Crippen LogP contribution in [0, 0.1) is 0 Å². The Morgan fingerprint density at radius 3 is 2.75 bits per heavy atom. The van der Waals surface area contributed by atoms with Crippen molar-refractivity contribution in [3.63, 3.8) is 0 Å². The first-order valence-corrected chi connectivity index (χ1v) is 2.77. The topological polar surface area (TPSA) is 32.3 Å². The highest BCUT2D eigenvalue weighted by Gasteiger charge is 1.81. The number of nitrogens with one attached hydrogen (secondary N) is 1. The molecular formula is C6H13NO. The molecule has 0 atom stereocenters. The van der Waals surface area contributed by atoms with Crippen molar-refractivity contribution in [1.82, 2.24) is 5.32 Å². The van der Waals surface area contributed by atoms with Gasteiger partial charge in [0.1, 0.15) is 0 Å². The fourth-order valence-electron chi connectivity index (χ4n) is 0.381. The minimum absolute atomic E-state index is 0.250. The van der Waals surface area contributed by atoms with E-state index in [1.165, 1.54) is 0 Å². The molecule has 0 aliphatic carbocycles. The van der Waals surface area contributed by atoms with Gasteiger partial charge in [-0.15, -0.1) is 0 Å². The van der Waals surface area contributed by atoms with E-state index in [2.05, 4.69) is 11.9 Å². The molecule has 0 aliphatic rings. The fraction of sp³-hybridized carbons (Fsp3) is 0.667. The van der Waals surface area contributed by atoms with Crippen LogP contribution < -0.4 is 5.32 Å². The Bertz CT molecular complexity index is 70.9. The number of rotatable bonds is 4. The molecule has 0 aromatic carbocycles. The van der Waals surface area contributed by atoms with Gasteiger partial charge in [0.05, 0.1) is 0 Å². The van der Waals surface area contributed by atoms with Gasteiger partial charge in [-0.05, 0) is 13.3 Å². The van der Waals surface area contributed by atoms with Gasteiger partial charge < -0.3 is 10.4 Å². The SMILES string of the molecule is C=C(C)NCCCO. The summed E-state index contributed by atoms with van der Waals surface area (Å²) in [6, 6.07) is 0. The third-order valence-corrected chi connectivity index (χ3v) is 0.762. The lowest BCUT2D eigenvalue weighted by Crippen LogP contribution is -2.12. The lowest BCUT2D eigenvalue weighted by molar-refractivity contribution is 0.288. The highest BCUT2D eigenvalue weighted by atomic mass is 16.3. The van der Waals surface area contributed by atoms with Crippen LogP contribution >= 0.6 is 0 Å². The average molecular weight is 115 g/mol. The zero-order valence-electron chi connectivity index (χ0n) is 5.28. The van der Waals surface area contributed by atoms with Crippen molar-refractivity contribution in [3.05, 3.63) is 12.3 Å². The lowest BCUT2D eigenvalue weighted by atomic mass is 10.4. The first-order chi connectivity index (χ1) is 3.77. The molecule has 48 valence electrons. The Kier molecular flexibility index (Phi) is 4.36. The molecule has 0 aliphatic heterocycles. The van der Waals surface area contributed by atoms with E-state index in [0.717, 1.165) is 18.7 Å². The van der Waals surface area contributed by atoms with Crippen LogP contribution in [0.5, 0.6) is 0 Å². The van der Waals surface area contributed by atoms with Crippen LogP contribution in [-0.2, 0) is 0 Å². The summed E-state index contributed by atoms with van der Waals surface area (Å²) in [6.07, 6.45) is 0.798. The first-order valence-electron chi connectivity index (χ1n) is 2.77. The van der Waals surface area contributed by atoms with Gasteiger partial charge in [-0.25, -0.2) is 0 Å². The molecule has 0 saturated heterocycles. The van der Waals surface area contributed by atoms with Crippen molar-refractivity contribution in [2.24, 2.45) is 0 Å². The van der Waals surface area contributed by atoms with Crippen molar-refractivity contribution in [1.29, 1.82) is 0 Å². The molecule has 8 heavy (non-hydrogen) atoms. The number of allylic oxidation sites excluding steroid dienone is 1. The lowest BCUT2D eigenvalue weighted by Gasteiger charge is -2.00. The maximum atomic E-state index is 8.31. The van der Waals surface area contributed by atoms with Gasteiger partial charge in [0.2, 0.25) is 0 Å². The standard InChI is InChI=1S/C6H13NO/c1-6(2)7-4-3-5-8/h7-8H,1,3-5H2,2H3. The van der Waals surface area contributed by atoms with Gasteiger partial charge in [0.15, 0.2) is 0 Å². The maximum absolute atomic E-state index is 8.31. The van der Waals surface area contributed by atoms with Gasteiger partial charge in [0, 0.05) is 18.8 Å². The highest BCUT2D eigenvalue weighted by molar-refractivity contribution is 4.83. The smallest absolute Gasteiger partial charge is 0.0447 e. The Morgan fingerprint density at radius 2 is 2.38 bits per heavy atom. The van der Waals surface area contributed by atoms with Crippen molar-refractivity contribution in [2.45, 2.75) is 13.3 Å². The Labute approximate surface area is 50.2 Å². The van der Waals surface area contributed by atoms with Crippen LogP contribution in [0.3, 0.4) is 0 Å². The number of aliphatic hydroxyl groups is 1. The quantitative estimate of drug-likeness (QED) is 0.523. The van der Waals surface area contributed by atoms with Gasteiger partial charge >= 0.3 is 0 Å². The van der Waals surface area contributed by atoms with Crippen LogP contribution in [0.2, 0.25) is 0 Å². The summed E-state index contributed by atoms with van der Waals surface area (Å²) in [5.41, 5.74) is 0.957. The minimum atomic E-state index is 0.250. The van der Waals surface area contributed by atoms with E-state index in [4.69, 9.17) is 5.11 Å². The van der Waals surface area contributed by atoms with E-state index in [9.17, 15) is 0 Å². The normalized spacial score (nSPS) is 8.75. The fourth-order valence-corrected chi connectivity index (χ4v) is 0.381. The molecule has 0 fully saturated rings. The van der Waals surface area contributed by atoms with E-state index in [1.54, 1.807) is 0 Å². The number of hydrogen-bond donors (Lipinski definition) is 2. The molecule has 0 rings (SSSR count). The second kappa shape index (κ2) is 4.65. The van der Waals surface area contributed by atoms with Crippen LogP contribution in [0.1, 0.15) is 13.3 Å². The van der Waals surface area contributed by atoms with Gasteiger partial charge in [-0.3, -0.25) is 0 Å². The molecule has 0 heterocycles. The molecule has 0 aromatic heterocycles. The maximum Gasteiger partial charge on any atom is 0.0447 e. The first kappa shape index (κ1) is 7.50. The molecule has 0 unspecified atom stereocenters. The molecule has 2 N–H and O–H groups in total. The van der Waals surface area contributed by atoms with E-state index in [-0.39, 0.29) is 6.61 Å². The Hall–Kier alpha value is -0.500. The van der Waals surface area contributed by atoms with Crippen molar-refractivity contribution >= 4 is 0 Å². The van der Waals surface area contributed by atoms with Crippen LogP contribution in [0.4, 0.5) is 0 Å². The van der Waals surface area contributed by atoms with Crippen molar-refractivity contribution in [2.75, 3.05) is 13.2 Å². The Morgan fingerprint density at radius 1 is 1.75 bits per heavy atom. The molecule has 2 heteroatoms. The predicted molar refractivity (Wildman–Crippen MR) is 34.5 cm³/mol. The predicted octanol–water partition coefficient (Wildman–Crippen LogP) is 0.492. The second-order valence-corrected chi connectivity index (χ2v) is 1.78. The summed E-state index contributed by atoms with van der Waals surface area (Å²) in [6.45, 7) is 6.61. The molecule has 0 bridgehead atoms. The zero-order chi connectivity index (χ0) is 6.41. The van der Waals surface area contributed by atoms with Crippen molar-refractivity contribution in [3.8, 4) is 0 Å². The van der Waals surface area contributed by atoms with E-state index in [0.29, 0.717) is 0 Å². The molecule has 0 amide bonds. The third-order valence-electron chi connectivity index (χ3n) is 0.762.